The fourth-order valence-corrected chi connectivity index (χ4v) is 4.01. The molecule has 0 atom stereocenters. The highest BCUT2D eigenvalue weighted by atomic mass is 79.9. The first-order valence-corrected chi connectivity index (χ1v) is 9.49. The Kier molecular flexibility index (Phi) is 4.98. The van der Waals surface area contributed by atoms with Gasteiger partial charge in [0.1, 0.15) is 19.0 Å². The lowest BCUT2D eigenvalue weighted by molar-refractivity contribution is 0.171. The fraction of sp³-hybridized carbons (Fsp3) is 0.250. The average Bonchev–Trinajstić information content (AvgIpc) is 2.60. The van der Waals surface area contributed by atoms with E-state index in [4.69, 9.17) is 14.2 Å². The van der Waals surface area contributed by atoms with Crippen molar-refractivity contribution in [3.8, 4) is 17.2 Å². The number of benzene rings is 2. The Labute approximate surface area is 148 Å². The minimum absolute atomic E-state index is 0.155. The number of ether oxygens (including phenoxy) is 3. The molecule has 2 aromatic rings. The van der Waals surface area contributed by atoms with Gasteiger partial charge in [0.25, 0.3) is 0 Å². The summed E-state index contributed by atoms with van der Waals surface area (Å²) in [6, 6.07) is 9.96. The lowest BCUT2D eigenvalue weighted by atomic mass is 10.2. The topological polar surface area (TPSA) is 73.9 Å². The van der Waals surface area contributed by atoms with Crippen LogP contribution in [0.4, 0.5) is 0 Å². The monoisotopic (exact) mass is 413 g/mol. The molecule has 0 radical (unpaired) electrons. The molecule has 0 bridgehead atoms. The summed E-state index contributed by atoms with van der Waals surface area (Å²) < 4.78 is 44.0. The second-order valence-electron chi connectivity index (χ2n) is 5.10. The van der Waals surface area contributed by atoms with E-state index < -0.39 is 10.0 Å². The van der Waals surface area contributed by atoms with Gasteiger partial charge in [-0.25, -0.2) is 13.1 Å². The van der Waals surface area contributed by atoms with Crippen molar-refractivity contribution in [2.75, 3.05) is 20.3 Å². The van der Waals surface area contributed by atoms with E-state index >= 15 is 0 Å². The molecule has 3 rings (SSSR count). The molecule has 128 valence electrons. The van der Waals surface area contributed by atoms with Crippen LogP contribution >= 0.6 is 15.9 Å². The number of halogens is 1. The van der Waals surface area contributed by atoms with Crippen LogP contribution in [0.3, 0.4) is 0 Å². The molecule has 6 nitrogen and oxygen atoms in total. The Balaban J connectivity index is 1.74. The van der Waals surface area contributed by atoms with E-state index in [1.807, 2.05) is 0 Å². The minimum atomic E-state index is -3.63. The summed E-state index contributed by atoms with van der Waals surface area (Å²) in [7, 11) is -2.11. The highest BCUT2D eigenvalue weighted by molar-refractivity contribution is 9.10. The molecule has 0 unspecified atom stereocenters. The first kappa shape index (κ1) is 17.1. The second kappa shape index (κ2) is 7.00. The predicted molar refractivity (Wildman–Crippen MR) is 92.2 cm³/mol. The molecule has 0 saturated heterocycles. The van der Waals surface area contributed by atoms with Gasteiger partial charge < -0.3 is 14.2 Å². The van der Waals surface area contributed by atoms with Gasteiger partial charge in [0.15, 0.2) is 11.5 Å². The molecular formula is C16H16BrNO5S. The summed E-state index contributed by atoms with van der Waals surface area (Å²) in [6.45, 7) is 1.16. The third-order valence-corrected chi connectivity index (χ3v) is 5.53. The van der Waals surface area contributed by atoms with Crippen molar-refractivity contribution in [2.24, 2.45) is 0 Å². The largest absolute Gasteiger partial charge is 0.496 e. The van der Waals surface area contributed by atoms with Crippen LogP contribution in [-0.4, -0.2) is 28.7 Å². The number of fused-ring (bicyclic) bond motifs is 1. The van der Waals surface area contributed by atoms with Crippen LogP contribution in [-0.2, 0) is 16.6 Å². The third-order valence-electron chi connectivity index (χ3n) is 3.51. The zero-order chi connectivity index (χ0) is 17.2. The Morgan fingerprint density at radius 2 is 1.88 bits per heavy atom. The van der Waals surface area contributed by atoms with Gasteiger partial charge in [-0.15, -0.1) is 0 Å². The summed E-state index contributed by atoms with van der Waals surface area (Å²) in [4.78, 5) is 0.160. The van der Waals surface area contributed by atoms with Gasteiger partial charge in [-0.2, -0.15) is 0 Å². The normalized spacial score (nSPS) is 13.6. The molecule has 24 heavy (non-hydrogen) atoms. The van der Waals surface area contributed by atoms with E-state index in [1.54, 1.807) is 24.3 Å². The van der Waals surface area contributed by atoms with Crippen LogP contribution in [0.2, 0.25) is 0 Å². The van der Waals surface area contributed by atoms with Crippen LogP contribution in [0, 0.1) is 0 Å². The summed E-state index contributed by atoms with van der Waals surface area (Å²) in [5, 5.41) is 0. The lowest BCUT2D eigenvalue weighted by Crippen LogP contribution is -2.23. The lowest BCUT2D eigenvalue weighted by Gasteiger charge is -2.19. The first-order valence-electron chi connectivity index (χ1n) is 7.21. The third kappa shape index (κ3) is 3.66. The van der Waals surface area contributed by atoms with Crippen LogP contribution in [0.1, 0.15) is 5.56 Å². The van der Waals surface area contributed by atoms with Crippen LogP contribution < -0.4 is 18.9 Å². The molecule has 1 heterocycles. The van der Waals surface area contributed by atoms with Gasteiger partial charge in [0.2, 0.25) is 10.0 Å². The summed E-state index contributed by atoms with van der Waals surface area (Å²) in [5.41, 5.74) is 0.787. The molecule has 1 N–H and O–H groups in total. The van der Waals surface area contributed by atoms with Crippen molar-refractivity contribution < 1.29 is 22.6 Å². The quantitative estimate of drug-likeness (QED) is 0.815. The van der Waals surface area contributed by atoms with Crippen molar-refractivity contribution in [1.29, 1.82) is 0 Å². The molecule has 2 aromatic carbocycles. The predicted octanol–water partition coefficient (Wildman–Crippen LogP) is 2.71. The number of nitrogens with one attached hydrogen (secondary N) is 1. The highest BCUT2D eigenvalue weighted by Crippen LogP contribution is 2.31. The summed E-state index contributed by atoms with van der Waals surface area (Å²) in [5.74, 6) is 1.87. The Hall–Kier alpha value is -1.77. The van der Waals surface area contributed by atoms with Crippen LogP contribution in [0.25, 0.3) is 0 Å². The first-order chi connectivity index (χ1) is 11.5. The number of hydrogen-bond acceptors (Lipinski definition) is 5. The second-order valence-corrected chi connectivity index (χ2v) is 7.72. The SMILES string of the molecule is COc1ccc(S(=O)(=O)NCc2ccc3c(c2)OCCO3)cc1Br. The molecule has 8 heteroatoms. The Bertz CT molecular complexity index is 854. The number of rotatable bonds is 5. The van der Waals surface area contributed by atoms with Gasteiger partial charge in [-0.3, -0.25) is 0 Å². The molecule has 0 aliphatic carbocycles. The molecule has 1 aliphatic heterocycles. The average molecular weight is 414 g/mol. The molecular weight excluding hydrogens is 398 g/mol. The highest BCUT2D eigenvalue weighted by Gasteiger charge is 2.17. The molecule has 0 amide bonds. The van der Waals surface area contributed by atoms with Crippen LogP contribution in [0.5, 0.6) is 17.2 Å². The fourth-order valence-electron chi connectivity index (χ4n) is 2.27. The van der Waals surface area contributed by atoms with Crippen molar-refractivity contribution in [3.05, 3.63) is 46.4 Å². The summed E-state index contributed by atoms with van der Waals surface area (Å²) in [6.07, 6.45) is 0. The summed E-state index contributed by atoms with van der Waals surface area (Å²) >= 11 is 3.29. The van der Waals surface area contributed by atoms with E-state index in [1.165, 1.54) is 19.2 Å². The maximum absolute atomic E-state index is 12.4. The minimum Gasteiger partial charge on any atom is -0.496 e. The van der Waals surface area contributed by atoms with E-state index in [2.05, 4.69) is 20.7 Å². The van der Waals surface area contributed by atoms with Gasteiger partial charge in [0.05, 0.1) is 16.5 Å². The molecule has 0 saturated carbocycles. The van der Waals surface area contributed by atoms with Crippen molar-refractivity contribution in [1.82, 2.24) is 4.72 Å². The van der Waals surface area contributed by atoms with Crippen molar-refractivity contribution >= 4 is 26.0 Å². The smallest absolute Gasteiger partial charge is 0.240 e. The Morgan fingerprint density at radius 3 is 2.58 bits per heavy atom. The van der Waals surface area contributed by atoms with Gasteiger partial charge in [0, 0.05) is 6.54 Å². The van der Waals surface area contributed by atoms with E-state index in [0.717, 1.165) is 5.56 Å². The van der Waals surface area contributed by atoms with Crippen LogP contribution in [0.15, 0.2) is 45.8 Å². The zero-order valence-electron chi connectivity index (χ0n) is 12.9. The maximum atomic E-state index is 12.4. The number of sulfonamides is 1. The van der Waals surface area contributed by atoms with Crippen molar-refractivity contribution in [3.63, 3.8) is 0 Å². The Morgan fingerprint density at radius 1 is 1.12 bits per heavy atom. The van der Waals surface area contributed by atoms with Crippen molar-refractivity contribution in [2.45, 2.75) is 11.4 Å². The van der Waals surface area contributed by atoms with Gasteiger partial charge >= 0.3 is 0 Å². The van der Waals surface area contributed by atoms with Gasteiger partial charge in [-0.05, 0) is 51.8 Å². The van der Waals surface area contributed by atoms with E-state index in [9.17, 15) is 8.42 Å². The number of methoxy groups -OCH3 is 1. The molecule has 1 aliphatic rings. The van der Waals surface area contributed by atoms with Gasteiger partial charge in [-0.1, -0.05) is 6.07 Å². The number of hydrogen-bond donors (Lipinski definition) is 1. The molecule has 0 aromatic heterocycles. The standard InChI is InChI=1S/C16H16BrNO5S/c1-21-14-5-3-12(9-13(14)17)24(19,20)18-10-11-2-4-15-16(8-11)23-7-6-22-15/h2-5,8-9,18H,6-7,10H2,1H3. The van der Waals surface area contributed by atoms with E-state index in [0.29, 0.717) is 34.9 Å². The zero-order valence-corrected chi connectivity index (χ0v) is 15.3. The molecule has 0 spiro atoms. The molecule has 0 fully saturated rings. The van der Waals surface area contributed by atoms with E-state index in [-0.39, 0.29) is 11.4 Å². The maximum Gasteiger partial charge on any atom is 0.240 e.